The minimum absolute atomic E-state index is 0. The molecule has 0 heterocycles. The Balaban J connectivity index is -0.000000180. The van der Waals surface area contributed by atoms with E-state index in [2.05, 4.69) is 0 Å². The van der Waals surface area contributed by atoms with E-state index < -0.39 is 0 Å². The number of allylic oxidation sites excluding steroid dienone is 2. The molecule has 0 saturated carbocycles. The van der Waals surface area contributed by atoms with Gasteiger partial charge in [0.05, 0.1) is 5.76 Å². The summed E-state index contributed by atoms with van der Waals surface area (Å²) in [5.41, 5.74) is 0. The fraction of sp³-hybridized carbons (Fsp3) is 0.400. The van der Waals surface area contributed by atoms with Crippen molar-refractivity contribution >= 4 is 5.78 Å². The van der Waals surface area contributed by atoms with Gasteiger partial charge >= 0.3 is 0 Å². The average molecular weight is 285 g/mol. The Labute approximate surface area is 83.7 Å². The van der Waals surface area contributed by atoms with E-state index in [1.165, 1.54) is 19.9 Å². The molecule has 0 unspecified atom stereocenters. The molecule has 0 fully saturated rings. The second-order valence-corrected chi connectivity index (χ2v) is 1.40. The zero-order valence-electron chi connectivity index (χ0n) is 5.22. The van der Waals surface area contributed by atoms with Crippen molar-refractivity contribution in [2.75, 3.05) is 0 Å². The Morgan fingerprint density at radius 1 is 1.44 bits per heavy atom. The van der Waals surface area contributed by atoms with Gasteiger partial charge in [0.1, 0.15) is 0 Å². The fourth-order valence-corrected chi connectivity index (χ4v) is 0.294. The van der Waals surface area contributed by atoms with Crippen LogP contribution in [0, 0.1) is 37.3 Å². The maximum atomic E-state index is 10.0. The molecule has 0 rings (SSSR count). The van der Waals surface area contributed by atoms with E-state index >= 15 is 0 Å². The average Bonchev–Trinajstić information content (AvgIpc) is 1.27. The molecule has 0 aromatic rings. The first kappa shape index (κ1) is 16.2. The Bertz CT molecular complexity index is 105. The minimum atomic E-state index is -0.125. The molecule has 0 aromatic carbocycles. The molecule has 60 valence electrons. The summed E-state index contributed by atoms with van der Waals surface area (Å²) in [4.78, 5) is 10.0. The van der Waals surface area contributed by atoms with Crippen LogP contribution in [0.4, 0.5) is 0 Å². The number of aliphatic hydroxyl groups excluding tert-OH is 1. The van der Waals surface area contributed by atoms with Gasteiger partial charge in [-0.1, -0.05) is 0 Å². The molecule has 0 spiro atoms. The maximum absolute atomic E-state index is 10.0. The van der Waals surface area contributed by atoms with Crippen LogP contribution >= 0.6 is 0 Å². The molecule has 0 radical (unpaired) electrons. The van der Waals surface area contributed by atoms with E-state index in [0.29, 0.717) is 0 Å². The van der Waals surface area contributed by atoms with Crippen molar-refractivity contribution in [1.82, 2.24) is 0 Å². The maximum Gasteiger partial charge on any atom is 0.155 e. The number of rotatable bonds is 1. The number of carbonyl (C=O) groups excluding carboxylic acids is 1. The van der Waals surface area contributed by atoms with Gasteiger partial charge in [0.15, 0.2) is 5.78 Å². The van der Waals surface area contributed by atoms with E-state index in [-0.39, 0.29) is 54.3 Å². The van der Waals surface area contributed by atoms with Crippen molar-refractivity contribution in [3.05, 3.63) is 11.8 Å². The van der Waals surface area contributed by atoms with Crippen LogP contribution in [0.15, 0.2) is 11.8 Å². The van der Waals surface area contributed by atoms with Gasteiger partial charge in [0, 0.05) is 43.4 Å². The molecule has 0 aliphatic heterocycles. The molecule has 0 atom stereocenters. The number of aliphatic hydroxyl groups is 1. The van der Waals surface area contributed by atoms with Gasteiger partial charge in [-0.05, 0) is 13.8 Å². The molecular formula is C5H10ErO3. The molecule has 4 heteroatoms. The number of hydrogen-bond donors (Lipinski definition) is 1. The Morgan fingerprint density at radius 3 is 1.78 bits per heavy atom. The third-order valence-corrected chi connectivity index (χ3v) is 0.412. The fourth-order valence-electron chi connectivity index (χ4n) is 0.294. The van der Waals surface area contributed by atoms with Crippen molar-refractivity contribution in [3.8, 4) is 0 Å². The first-order valence-electron chi connectivity index (χ1n) is 2.01. The molecule has 3 nitrogen and oxygen atoms in total. The topological polar surface area (TPSA) is 68.8 Å². The number of ketones is 1. The van der Waals surface area contributed by atoms with Crippen molar-refractivity contribution in [2.45, 2.75) is 13.8 Å². The van der Waals surface area contributed by atoms with Crippen LogP contribution in [-0.4, -0.2) is 16.4 Å². The summed E-state index contributed by atoms with van der Waals surface area (Å²) in [5.74, 6) is -0.0625. The van der Waals surface area contributed by atoms with Crippen molar-refractivity contribution < 1.29 is 52.7 Å². The summed E-state index contributed by atoms with van der Waals surface area (Å²) in [6, 6.07) is 0. The first-order chi connectivity index (χ1) is 3.13. The Hall–Kier alpha value is 0.417. The molecule has 0 amide bonds. The van der Waals surface area contributed by atoms with Crippen LogP contribution in [0.5, 0.6) is 0 Å². The van der Waals surface area contributed by atoms with Gasteiger partial charge < -0.3 is 10.6 Å². The van der Waals surface area contributed by atoms with Gasteiger partial charge in [-0.25, -0.2) is 0 Å². The quantitative estimate of drug-likeness (QED) is 0.553. The summed E-state index contributed by atoms with van der Waals surface area (Å²) in [6.45, 7) is 2.85. The molecule has 0 aromatic heterocycles. The van der Waals surface area contributed by atoms with E-state index in [1.54, 1.807) is 0 Å². The van der Waals surface area contributed by atoms with Crippen molar-refractivity contribution in [3.63, 3.8) is 0 Å². The van der Waals surface area contributed by atoms with E-state index in [4.69, 9.17) is 5.11 Å². The van der Waals surface area contributed by atoms with Crippen LogP contribution in [0.25, 0.3) is 0 Å². The number of carbonyl (C=O) groups is 1. The van der Waals surface area contributed by atoms with E-state index in [9.17, 15) is 4.79 Å². The largest absolute Gasteiger partial charge is 0.512 e. The van der Waals surface area contributed by atoms with E-state index in [1.807, 2.05) is 0 Å². The molecular weight excluding hydrogens is 275 g/mol. The van der Waals surface area contributed by atoms with Crippen LogP contribution in [-0.2, 0) is 4.79 Å². The predicted octanol–water partition coefficient (Wildman–Crippen LogP) is 0.213. The second-order valence-electron chi connectivity index (χ2n) is 1.40. The monoisotopic (exact) mass is 284 g/mol. The summed E-state index contributed by atoms with van der Waals surface area (Å²) in [5, 5.41) is 8.36. The van der Waals surface area contributed by atoms with Gasteiger partial charge in [-0.15, -0.1) is 0 Å². The minimum Gasteiger partial charge on any atom is -0.512 e. The van der Waals surface area contributed by atoms with Gasteiger partial charge in [-0.3, -0.25) is 4.79 Å². The first-order valence-corrected chi connectivity index (χ1v) is 2.01. The van der Waals surface area contributed by atoms with Gasteiger partial charge in [0.2, 0.25) is 0 Å². The van der Waals surface area contributed by atoms with Gasteiger partial charge in [0.25, 0.3) is 0 Å². The smallest absolute Gasteiger partial charge is 0.155 e. The Morgan fingerprint density at radius 2 is 1.78 bits per heavy atom. The standard InChI is InChI=1S/C5H8O2.Er.H2O/c1-4(6)3-5(2)7;;/h3,6H,1-2H3;;1H2/b4-3-;;. The van der Waals surface area contributed by atoms with Crippen LogP contribution in [0.1, 0.15) is 13.8 Å². The zero-order chi connectivity index (χ0) is 5.86. The summed E-state index contributed by atoms with van der Waals surface area (Å²) >= 11 is 0. The van der Waals surface area contributed by atoms with E-state index in [0.717, 1.165) is 0 Å². The molecule has 0 aliphatic carbocycles. The molecule has 0 bridgehead atoms. The third kappa shape index (κ3) is 17.8. The van der Waals surface area contributed by atoms with Gasteiger partial charge in [-0.2, -0.15) is 0 Å². The van der Waals surface area contributed by atoms with Crippen molar-refractivity contribution in [2.24, 2.45) is 0 Å². The van der Waals surface area contributed by atoms with Crippen LogP contribution in [0.3, 0.4) is 0 Å². The Kier molecular flexibility index (Phi) is 15.2. The van der Waals surface area contributed by atoms with Crippen molar-refractivity contribution in [1.29, 1.82) is 0 Å². The molecule has 0 aliphatic rings. The number of hydrogen-bond acceptors (Lipinski definition) is 2. The normalized spacial score (nSPS) is 8.89. The summed E-state index contributed by atoms with van der Waals surface area (Å²) in [6.07, 6.45) is 1.17. The summed E-state index contributed by atoms with van der Waals surface area (Å²) in [7, 11) is 0. The molecule has 9 heavy (non-hydrogen) atoms. The summed E-state index contributed by atoms with van der Waals surface area (Å²) < 4.78 is 0. The SMILES string of the molecule is CC(=O)/C=C(/C)O.O.[Er]. The predicted molar refractivity (Wildman–Crippen MR) is 30.7 cm³/mol. The van der Waals surface area contributed by atoms with Crippen LogP contribution < -0.4 is 0 Å². The molecule has 0 saturated heterocycles. The molecule has 3 N–H and O–H groups in total. The van der Waals surface area contributed by atoms with Crippen LogP contribution in [0.2, 0.25) is 0 Å². The second kappa shape index (κ2) is 8.42. The zero-order valence-corrected chi connectivity index (χ0v) is 7.07. The third-order valence-electron chi connectivity index (χ3n) is 0.412.